The normalized spacial score (nSPS) is 11.5. The van der Waals surface area contributed by atoms with Crippen molar-refractivity contribution >= 4 is 11.5 Å². The fraction of sp³-hybridized carbons (Fsp3) is 0.500. The highest BCUT2D eigenvalue weighted by atomic mass is 19.4. The van der Waals surface area contributed by atoms with Gasteiger partial charge in [-0.1, -0.05) is 0 Å². The van der Waals surface area contributed by atoms with Gasteiger partial charge in [0.25, 0.3) is 0 Å². The number of nitrogen functional groups attached to an aromatic ring is 1. The molecule has 1 heterocycles. The second-order valence-electron chi connectivity index (χ2n) is 3.52. The highest BCUT2D eigenvalue weighted by Gasteiger charge is 2.27. The molecule has 0 amide bonds. The second kappa shape index (κ2) is 5.72. The van der Waals surface area contributed by atoms with Crippen LogP contribution in [0.15, 0.2) is 12.3 Å². The van der Waals surface area contributed by atoms with E-state index in [2.05, 4.69) is 15.0 Å². The number of alkyl halides is 3. The van der Waals surface area contributed by atoms with Crippen molar-refractivity contribution in [2.45, 2.75) is 13.1 Å². The molecule has 0 unspecified atom stereocenters. The third-order valence-corrected chi connectivity index (χ3v) is 1.96. The maximum absolute atomic E-state index is 11.7. The second-order valence-corrected chi connectivity index (χ2v) is 3.52. The van der Waals surface area contributed by atoms with Crippen LogP contribution < -0.4 is 11.1 Å². The number of aryl methyl sites for hydroxylation is 1. The zero-order valence-electron chi connectivity index (χ0n) is 9.34. The summed E-state index contributed by atoms with van der Waals surface area (Å²) in [5.41, 5.74) is 7.08. The number of nitrogens with one attached hydrogen (secondary N) is 1. The lowest BCUT2D eigenvalue weighted by molar-refractivity contribution is -0.172. The van der Waals surface area contributed by atoms with Gasteiger partial charge < -0.3 is 15.8 Å². The van der Waals surface area contributed by atoms with E-state index in [1.807, 2.05) is 6.92 Å². The molecule has 1 rings (SSSR count). The van der Waals surface area contributed by atoms with Crippen molar-refractivity contribution in [1.82, 2.24) is 4.98 Å². The first kappa shape index (κ1) is 13.6. The van der Waals surface area contributed by atoms with Crippen molar-refractivity contribution in [3.8, 4) is 0 Å². The third kappa shape index (κ3) is 5.39. The molecule has 0 spiro atoms. The Balaban J connectivity index is 2.25. The Morgan fingerprint density at radius 2 is 2.18 bits per heavy atom. The molecule has 17 heavy (non-hydrogen) atoms. The van der Waals surface area contributed by atoms with Crippen molar-refractivity contribution in [1.29, 1.82) is 0 Å². The summed E-state index contributed by atoms with van der Waals surface area (Å²) < 4.78 is 39.6. The SMILES string of the molecule is Cc1cnc(NCCOCC(F)(F)F)cc1N. The molecule has 7 heteroatoms. The summed E-state index contributed by atoms with van der Waals surface area (Å²) in [5.74, 6) is 0.517. The number of nitrogens with two attached hydrogens (primary N) is 1. The molecule has 1 aromatic heterocycles. The molecule has 0 radical (unpaired) electrons. The van der Waals surface area contributed by atoms with Crippen molar-refractivity contribution in [3.63, 3.8) is 0 Å². The Morgan fingerprint density at radius 1 is 1.47 bits per heavy atom. The number of rotatable bonds is 5. The lowest BCUT2D eigenvalue weighted by atomic mass is 10.2. The monoisotopic (exact) mass is 249 g/mol. The van der Waals surface area contributed by atoms with E-state index in [1.165, 1.54) is 0 Å². The van der Waals surface area contributed by atoms with E-state index in [-0.39, 0.29) is 13.2 Å². The largest absolute Gasteiger partial charge is 0.411 e. The summed E-state index contributed by atoms with van der Waals surface area (Å²) in [6, 6.07) is 1.62. The van der Waals surface area contributed by atoms with Gasteiger partial charge in [0.15, 0.2) is 0 Å². The summed E-state index contributed by atoms with van der Waals surface area (Å²) in [6.45, 7) is 0.775. The zero-order valence-corrected chi connectivity index (χ0v) is 9.34. The Kier molecular flexibility index (Phi) is 4.56. The first-order valence-corrected chi connectivity index (χ1v) is 4.99. The minimum atomic E-state index is -4.29. The zero-order chi connectivity index (χ0) is 12.9. The molecule has 0 aliphatic rings. The molecule has 4 nitrogen and oxygen atoms in total. The predicted octanol–water partition coefficient (Wildman–Crippen LogP) is 1.96. The molecule has 3 N–H and O–H groups in total. The van der Waals surface area contributed by atoms with Crippen LogP contribution in [0.4, 0.5) is 24.7 Å². The van der Waals surface area contributed by atoms with Gasteiger partial charge in [-0.3, -0.25) is 0 Å². The summed E-state index contributed by atoms with van der Waals surface area (Å²) in [7, 11) is 0. The van der Waals surface area contributed by atoms with E-state index < -0.39 is 12.8 Å². The summed E-state index contributed by atoms with van der Waals surface area (Å²) in [6.07, 6.45) is -2.69. The van der Waals surface area contributed by atoms with Gasteiger partial charge in [0.2, 0.25) is 0 Å². The number of hydrogen-bond acceptors (Lipinski definition) is 4. The third-order valence-electron chi connectivity index (χ3n) is 1.96. The van der Waals surface area contributed by atoms with Crippen LogP contribution in [0.2, 0.25) is 0 Å². The first-order chi connectivity index (χ1) is 7.88. The van der Waals surface area contributed by atoms with Gasteiger partial charge in [-0.2, -0.15) is 13.2 Å². The van der Waals surface area contributed by atoms with Gasteiger partial charge in [-0.25, -0.2) is 4.98 Å². The highest BCUT2D eigenvalue weighted by molar-refractivity contribution is 5.53. The molecule has 96 valence electrons. The average Bonchev–Trinajstić information content (AvgIpc) is 2.21. The standard InChI is InChI=1S/C10H14F3N3O/c1-7-5-16-9(4-8(7)14)15-2-3-17-6-10(11,12)13/h4-5H,2-3,6H2,1H3,(H3,14,15,16). The number of ether oxygens (including phenoxy) is 1. The topological polar surface area (TPSA) is 60.2 Å². The van der Waals surface area contributed by atoms with Gasteiger partial charge in [-0.15, -0.1) is 0 Å². The van der Waals surface area contributed by atoms with Crippen LogP contribution in [-0.4, -0.2) is 30.9 Å². The number of hydrogen-bond donors (Lipinski definition) is 2. The van der Waals surface area contributed by atoms with E-state index in [0.29, 0.717) is 11.5 Å². The number of nitrogens with zero attached hydrogens (tertiary/aromatic N) is 1. The lowest BCUT2D eigenvalue weighted by Crippen LogP contribution is -2.20. The van der Waals surface area contributed by atoms with Crippen molar-refractivity contribution in [2.24, 2.45) is 0 Å². The minimum absolute atomic E-state index is 0.0467. The minimum Gasteiger partial charge on any atom is -0.398 e. The number of anilines is 2. The summed E-state index contributed by atoms with van der Waals surface area (Å²) >= 11 is 0. The molecule has 0 bridgehead atoms. The Morgan fingerprint density at radius 3 is 2.76 bits per heavy atom. The average molecular weight is 249 g/mol. The smallest absolute Gasteiger partial charge is 0.398 e. The quantitative estimate of drug-likeness (QED) is 0.783. The van der Waals surface area contributed by atoms with Crippen molar-refractivity contribution in [2.75, 3.05) is 30.8 Å². The van der Waals surface area contributed by atoms with E-state index in [4.69, 9.17) is 5.73 Å². The van der Waals surface area contributed by atoms with E-state index in [1.54, 1.807) is 12.3 Å². The Hall–Kier alpha value is -1.50. The number of aromatic nitrogens is 1. The predicted molar refractivity (Wildman–Crippen MR) is 58.8 cm³/mol. The number of halogens is 3. The molecule has 1 aromatic rings. The van der Waals surface area contributed by atoms with Crippen LogP contribution in [-0.2, 0) is 4.74 Å². The van der Waals surface area contributed by atoms with Crippen LogP contribution >= 0.6 is 0 Å². The van der Waals surface area contributed by atoms with Crippen LogP contribution in [0.3, 0.4) is 0 Å². The summed E-state index contributed by atoms with van der Waals surface area (Å²) in [5, 5.41) is 2.82. The molecule has 0 saturated carbocycles. The van der Waals surface area contributed by atoms with E-state index in [0.717, 1.165) is 5.56 Å². The van der Waals surface area contributed by atoms with E-state index in [9.17, 15) is 13.2 Å². The molecular weight excluding hydrogens is 235 g/mol. The summed E-state index contributed by atoms with van der Waals surface area (Å²) in [4.78, 5) is 4.02. The van der Waals surface area contributed by atoms with Crippen LogP contribution in [0, 0.1) is 6.92 Å². The Bertz CT molecular complexity index is 368. The fourth-order valence-corrected chi connectivity index (χ4v) is 1.08. The van der Waals surface area contributed by atoms with Gasteiger partial charge in [0.1, 0.15) is 12.4 Å². The van der Waals surface area contributed by atoms with Gasteiger partial charge >= 0.3 is 6.18 Å². The number of pyridine rings is 1. The molecule has 0 fully saturated rings. The van der Waals surface area contributed by atoms with Gasteiger partial charge in [-0.05, 0) is 12.5 Å². The van der Waals surface area contributed by atoms with Gasteiger partial charge in [0.05, 0.1) is 6.61 Å². The van der Waals surface area contributed by atoms with Crippen LogP contribution in [0.25, 0.3) is 0 Å². The first-order valence-electron chi connectivity index (χ1n) is 4.99. The lowest BCUT2D eigenvalue weighted by Gasteiger charge is -2.09. The van der Waals surface area contributed by atoms with Crippen molar-refractivity contribution < 1.29 is 17.9 Å². The molecule has 0 aliphatic heterocycles. The molecule has 0 saturated heterocycles. The van der Waals surface area contributed by atoms with Crippen LogP contribution in [0.1, 0.15) is 5.56 Å². The molecule has 0 atom stereocenters. The molecule has 0 aliphatic carbocycles. The van der Waals surface area contributed by atoms with Crippen LogP contribution in [0.5, 0.6) is 0 Å². The van der Waals surface area contributed by atoms with E-state index >= 15 is 0 Å². The maximum atomic E-state index is 11.7. The molecular formula is C10H14F3N3O. The Labute approximate surface area is 97.0 Å². The highest BCUT2D eigenvalue weighted by Crippen LogP contribution is 2.15. The fourth-order valence-electron chi connectivity index (χ4n) is 1.08. The maximum Gasteiger partial charge on any atom is 0.411 e. The van der Waals surface area contributed by atoms with Gasteiger partial charge in [0, 0.05) is 24.5 Å². The molecule has 0 aromatic carbocycles. The van der Waals surface area contributed by atoms with Crippen molar-refractivity contribution in [3.05, 3.63) is 17.8 Å².